The smallest absolute Gasteiger partial charge is 0.319 e. The predicted octanol–water partition coefficient (Wildman–Crippen LogP) is 2.98. The fourth-order valence-corrected chi connectivity index (χ4v) is 1.72. The second-order valence-corrected chi connectivity index (χ2v) is 4.85. The lowest BCUT2D eigenvalue weighted by Crippen LogP contribution is -2.34. The maximum absolute atomic E-state index is 11.6. The van der Waals surface area contributed by atoms with Crippen LogP contribution >= 0.6 is 0 Å². The molecule has 20 heavy (non-hydrogen) atoms. The van der Waals surface area contributed by atoms with Crippen LogP contribution < -0.4 is 10.6 Å². The lowest BCUT2D eigenvalue weighted by molar-refractivity contribution is 0.250. The Balaban J connectivity index is 2.08. The number of nitrogens with one attached hydrogen (secondary N) is 2. The summed E-state index contributed by atoms with van der Waals surface area (Å²) in [5.41, 5.74) is 2.58. The second-order valence-electron chi connectivity index (χ2n) is 4.85. The Labute approximate surface area is 118 Å². The van der Waals surface area contributed by atoms with E-state index in [1.54, 1.807) is 6.20 Å². The SMILES string of the molecule is Cc1ccnc(-c2ccc(NC(=O)NC(C)C)cc2)n1. The van der Waals surface area contributed by atoms with Crippen LogP contribution in [0.15, 0.2) is 36.5 Å². The van der Waals surface area contributed by atoms with Gasteiger partial charge in [-0.3, -0.25) is 0 Å². The van der Waals surface area contributed by atoms with Crippen molar-refractivity contribution in [1.82, 2.24) is 15.3 Å². The lowest BCUT2D eigenvalue weighted by atomic mass is 10.2. The van der Waals surface area contributed by atoms with Crippen LogP contribution in [0.5, 0.6) is 0 Å². The number of aromatic nitrogens is 2. The molecule has 2 N–H and O–H groups in total. The van der Waals surface area contributed by atoms with E-state index in [-0.39, 0.29) is 12.1 Å². The molecule has 2 aromatic rings. The number of anilines is 1. The standard InChI is InChI=1S/C15H18N4O/c1-10(2)17-15(20)19-13-6-4-12(5-7-13)14-16-9-8-11(3)18-14/h4-10H,1-3H3,(H2,17,19,20). The number of carbonyl (C=O) groups excluding carboxylic acids is 1. The molecular formula is C15H18N4O. The van der Waals surface area contributed by atoms with E-state index in [1.165, 1.54) is 0 Å². The zero-order valence-electron chi connectivity index (χ0n) is 11.8. The predicted molar refractivity (Wildman–Crippen MR) is 79.5 cm³/mol. The van der Waals surface area contributed by atoms with Gasteiger partial charge in [-0.05, 0) is 51.1 Å². The summed E-state index contributed by atoms with van der Waals surface area (Å²) in [4.78, 5) is 20.2. The summed E-state index contributed by atoms with van der Waals surface area (Å²) in [6, 6.07) is 9.20. The van der Waals surface area contributed by atoms with Crippen LogP contribution in [-0.4, -0.2) is 22.0 Å². The van der Waals surface area contributed by atoms with Gasteiger partial charge in [0, 0.05) is 29.2 Å². The van der Waals surface area contributed by atoms with Crippen molar-refractivity contribution in [3.8, 4) is 11.4 Å². The van der Waals surface area contributed by atoms with Crippen LogP contribution in [-0.2, 0) is 0 Å². The molecule has 2 amide bonds. The van der Waals surface area contributed by atoms with Gasteiger partial charge in [0.2, 0.25) is 0 Å². The number of hydrogen-bond donors (Lipinski definition) is 2. The normalized spacial score (nSPS) is 10.4. The van der Waals surface area contributed by atoms with E-state index in [4.69, 9.17) is 0 Å². The molecule has 0 atom stereocenters. The van der Waals surface area contributed by atoms with Crippen molar-refractivity contribution in [2.75, 3.05) is 5.32 Å². The molecule has 5 heteroatoms. The molecule has 0 aliphatic rings. The van der Waals surface area contributed by atoms with Crippen molar-refractivity contribution in [3.63, 3.8) is 0 Å². The third-order valence-electron chi connectivity index (χ3n) is 2.62. The monoisotopic (exact) mass is 270 g/mol. The highest BCUT2D eigenvalue weighted by molar-refractivity contribution is 5.89. The van der Waals surface area contributed by atoms with Crippen LogP contribution in [0.25, 0.3) is 11.4 Å². The van der Waals surface area contributed by atoms with E-state index in [0.717, 1.165) is 16.9 Å². The maximum Gasteiger partial charge on any atom is 0.319 e. The van der Waals surface area contributed by atoms with Gasteiger partial charge in [0.25, 0.3) is 0 Å². The van der Waals surface area contributed by atoms with Crippen molar-refractivity contribution in [1.29, 1.82) is 0 Å². The molecule has 0 unspecified atom stereocenters. The van der Waals surface area contributed by atoms with Gasteiger partial charge in [-0.2, -0.15) is 0 Å². The highest BCUT2D eigenvalue weighted by Crippen LogP contribution is 2.17. The van der Waals surface area contributed by atoms with Crippen molar-refractivity contribution in [2.45, 2.75) is 26.8 Å². The Morgan fingerprint density at radius 3 is 2.45 bits per heavy atom. The molecule has 0 fully saturated rings. The Kier molecular flexibility index (Phi) is 4.30. The molecule has 0 radical (unpaired) electrons. The first-order valence-electron chi connectivity index (χ1n) is 6.52. The highest BCUT2D eigenvalue weighted by atomic mass is 16.2. The van der Waals surface area contributed by atoms with Gasteiger partial charge >= 0.3 is 6.03 Å². The van der Waals surface area contributed by atoms with Crippen LogP contribution in [0, 0.1) is 6.92 Å². The number of hydrogen-bond acceptors (Lipinski definition) is 3. The second kappa shape index (κ2) is 6.14. The molecule has 0 spiro atoms. The third kappa shape index (κ3) is 3.78. The molecule has 2 rings (SSSR count). The topological polar surface area (TPSA) is 66.9 Å². The van der Waals surface area contributed by atoms with Gasteiger partial charge in [0.05, 0.1) is 0 Å². The van der Waals surface area contributed by atoms with Crippen molar-refractivity contribution in [3.05, 3.63) is 42.2 Å². The summed E-state index contributed by atoms with van der Waals surface area (Å²) in [6.07, 6.45) is 1.74. The summed E-state index contributed by atoms with van der Waals surface area (Å²) < 4.78 is 0. The largest absolute Gasteiger partial charge is 0.336 e. The van der Waals surface area contributed by atoms with Gasteiger partial charge in [0.1, 0.15) is 0 Å². The minimum absolute atomic E-state index is 0.106. The number of carbonyl (C=O) groups is 1. The molecular weight excluding hydrogens is 252 g/mol. The number of aryl methyl sites for hydroxylation is 1. The van der Waals surface area contributed by atoms with Gasteiger partial charge in [-0.15, -0.1) is 0 Å². The minimum atomic E-state index is -0.209. The number of urea groups is 1. The minimum Gasteiger partial charge on any atom is -0.336 e. The van der Waals surface area contributed by atoms with E-state index in [1.807, 2.05) is 51.1 Å². The Morgan fingerprint density at radius 2 is 1.85 bits per heavy atom. The van der Waals surface area contributed by atoms with Crippen molar-refractivity contribution < 1.29 is 4.79 Å². The summed E-state index contributed by atoms with van der Waals surface area (Å²) >= 11 is 0. The Bertz CT molecular complexity index is 593. The van der Waals surface area contributed by atoms with Gasteiger partial charge < -0.3 is 10.6 Å². The zero-order valence-corrected chi connectivity index (χ0v) is 11.8. The van der Waals surface area contributed by atoms with Crippen LogP contribution in [0.3, 0.4) is 0 Å². The molecule has 104 valence electrons. The summed E-state index contributed by atoms with van der Waals surface area (Å²) in [7, 11) is 0. The zero-order chi connectivity index (χ0) is 14.5. The molecule has 1 aromatic carbocycles. The molecule has 0 bridgehead atoms. The van der Waals surface area contributed by atoms with E-state index < -0.39 is 0 Å². The van der Waals surface area contributed by atoms with Crippen LogP contribution in [0.4, 0.5) is 10.5 Å². The molecule has 0 saturated heterocycles. The van der Waals surface area contributed by atoms with Crippen molar-refractivity contribution >= 4 is 11.7 Å². The van der Waals surface area contributed by atoms with E-state index in [2.05, 4.69) is 20.6 Å². The average molecular weight is 270 g/mol. The third-order valence-corrected chi connectivity index (χ3v) is 2.62. The van der Waals surface area contributed by atoms with E-state index in [0.29, 0.717) is 5.82 Å². The van der Waals surface area contributed by atoms with Gasteiger partial charge in [-0.1, -0.05) is 0 Å². The quantitative estimate of drug-likeness (QED) is 0.901. The van der Waals surface area contributed by atoms with E-state index >= 15 is 0 Å². The van der Waals surface area contributed by atoms with Gasteiger partial charge in [0.15, 0.2) is 5.82 Å². The number of rotatable bonds is 3. The first-order valence-corrected chi connectivity index (χ1v) is 6.52. The highest BCUT2D eigenvalue weighted by Gasteiger charge is 2.05. The summed E-state index contributed by atoms with van der Waals surface area (Å²) in [6.45, 7) is 5.76. The number of nitrogens with zero attached hydrogens (tertiary/aromatic N) is 2. The Morgan fingerprint density at radius 1 is 1.15 bits per heavy atom. The van der Waals surface area contributed by atoms with Crippen LogP contribution in [0.2, 0.25) is 0 Å². The fraction of sp³-hybridized carbons (Fsp3) is 0.267. The molecule has 1 aromatic heterocycles. The Hall–Kier alpha value is -2.43. The molecule has 0 aliphatic carbocycles. The summed E-state index contributed by atoms with van der Waals surface area (Å²) in [5.74, 6) is 0.684. The lowest BCUT2D eigenvalue weighted by Gasteiger charge is -2.10. The maximum atomic E-state index is 11.6. The molecule has 1 heterocycles. The average Bonchev–Trinajstić information content (AvgIpc) is 2.38. The molecule has 0 aliphatic heterocycles. The first-order chi connectivity index (χ1) is 9.54. The number of amides is 2. The van der Waals surface area contributed by atoms with Gasteiger partial charge in [-0.25, -0.2) is 14.8 Å². The first kappa shape index (κ1) is 14.0. The van der Waals surface area contributed by atoms with E-state index in [9.17, 15) is 4.79 Å². The van der Waals surface area contributed by atoms with Crippen LogP contribution in [0.1, 0.15) is 19.5 Å². The summed E-state index contributed by atoms with van der Waals surface area (Å²) in [5, 5.41) is 5.54. The molecule has 0 saturated carbocycles. The fourth-order valence-electron chi connectivity index (χ4n) is 1.72. The number of benzene rings is 1. The molecule has 5 nitrogen and oxygen atoms in total. The van der Waals surface area contributed by atoms with Crippen molar-refractivity contribution in [2.24, 2.45) is 0 Å².